The molecular weight excluding hydrogens is 408 g/mol. The molecule has 164 valence electrons. The topological polar surface area (TPSA) is 78.8 Å². The highest BCUT2D eigenvalue weighted by Crippen LogP contribution is 2.38. The van der Waals surface area contributed by atoms with Crippen LogP contribution in [0.2, 0.25) is 0 Å². The number of carbonyl (C=O) groups excluding carboxylic acids is 2. The highest BCUT2D eigenvalue weighted by molar-refractivity contribution is 6.50. The van der Waals surface area contributed by atoms with E-state index in [1.807, 2.05) is 68.1 Å². The number of hydrogen-bond acceptors (Lipinski definition) is 5. The number of benzene rings is 2. The average Bonchev–Trinajstić information content (AvgIpc) is 3.39. The van der Waals surface area contributed by atoms with E-state index in [1.54, 1.807) is 12.1 Å². The summed E-state index contributed by atoms with van der Waals surface area (Å²) in [6, 6.07) is 15.0. The maximum Gasteiger partial charge on any atom is 0.259 e. The summed E-state index contributed by atoms with van der Waals surface area (Å²) in [5, 5.41) is 3.37. The number of rotatable bonds is 5. The molecule has 2 amide bonds. The monoisotopic (exact) mass is 432 g/mol. The summed E-state index contributed by atoms with van der Waals surface area (Å²) in [5.74, 6) is -0.977. The lowest BCUT2D eigenvalue weighted by Crippen LogP contribution is -2.25. The van der Waals surface area contributed by atoms with Gasteiger partial charge >= 0.3 is 0 Å². The molecule has 5 rings (SSSR count). The molecule has 1 aromatic heterocycles. The minimum atomic E-state index is -0.643. The van der Waals surface area contributed by atoms with E-state index in [4.69, 9.17) is 14.2 Å². The van der Waals surface area contributed by atoms with Crippen LogP contribution < -0.4 is 10.1 Å². The number of para-hydroxylation sites is 2. The third-order valence-electron chi connectivity index (χ3n) is 5.75. The molecule has 1 saturated heterocycles. The van der Waals surface area contributed by atoms with Crippen LogP contribution in [-0.4, -0.2) is 41.5 Å². The van der Waals surface area contributed by atoms with Crippen LogP contribution in [0.25, 0.3) is 22.0 Å². The SMILES string of the molecule is Cn1cc(C2=C(c3ccccc3OC[C@H]3COC(C)(C)O3)C(=O)NC2=O)c2ccccc21. The van der Waals surface area contributed by atoms with E-state index in [2.05, 4.69) is 5.32 Å². The summed E-state index contributed by atoms with van der Waals surface area (Å²) in [7, 11) is 1.92. The van der Waals surface area contributed by atoms with Gasteiger partial charge in [0.15, 0.2) is 5.79 Å². The van der Waals surface area contributed by atoms with Gasteiger partial charge in [0.25, 0.3) is 11.8 Å². The zero-order valence-corrected chi connectivity index (χ0v) is 18.2. The fraction of sp³-hybridized carbons (Fsp3) is 0.280. The number of ether oxygens (including phenoxy) is 3. The van der Waals surface area contributed by atoms with Crippen molar-refractivity contribution in [2.45, 2.75) is 25.7 Å². The molecule has 2 aliphatic rings. The highest BCUT2D eigenvalue weighted by Gasteiger charge is 2.36. The number of imide groups is 1. The molecular formula is C25H24N2O5. The normalized spacial score (nSPS) is 20.3. The van der Waals surface area contributed by atoms with Crippen LogP contribution in [0.1, 0.15) is 25.0 Å². The Kier molecular flexibility index (Phi) is 4.87. The molecule has 2 aliphatic heterocycles. The molecule has 1 fully saturated rings. The van der Waals surface area contributed by atoms with Crippen LogP contribution in [0.4, 0.5) is 0 Å². The van der Waals surface area contributed by atoms with Crippen molar-refractivity contribution in [3.8, 4) is 5.75 Å². The summed E-state index contributed by atoms with van der Waals surface area (Å²) in [6.45, 7) is 4.42. The van der Waals surface area contributed by atoms with E-state index in [0.717, 1.165) is 10.9 Å². The van der Waals surface area contributed by atoms with Crippen molar-refractivity contribution in [1.82, 2.24) is 9.88 Å². The van der Waals surface area contributed by atoms with Crippen molar-refractivity contribution < 1.29 is 23.8 Å². The van der Waals surface area contributed by atoms with Gasteiger partial charge in [0.2, 0.25) is 0 Å². The van der Waals surface area contributed by atoms with Gasteiger partial charge in [-0.15, -0.1) is 0 Å². The predicted octanol–water partition coefficient (Wildman–Crippen LogP) is 3.28. The van der Waals surface area contributed by atoms with E-state index in [9.17, 15) is 9.59 Å². The molecule has 2 aromatic carbocycles. The molecule has 0 spiro atoms. The lowest BCUT2D eigenvalue weighted by Gasteiger charge is -2.18. The molecule has 3 aromatic rings. The Bertz CT molecular complexity index is 1270. The van der Waals surface area contributed by atoms with Crippen molar-refractivity contribution >= 4 is 33.9 Å². The summed E-state index contributed by atoms with van der Waals surface area (Å²) in [5.41, 5.74) is 2.92. The first kappa shape index (κ1) is 20.5. The number of amides is 2. The van der Waals surface area contributed by atoms with Crippen LogP contribution in [0.5, 0.6) is 5.75 Å². The molecule has 0 radical (unpaired) electrons. The predicted molar refractivity (Wildman–Crippen MR) is 120 cm³/mol. The number of aromatic nitrogens is 1. The Balaban J connectivity index is 1.57. The van der Waals surface area contributed by atoms with E-state index in [-0.39, 0.29) is 12.7 Å². The number of nitrogens with zero attached hydrogens (tertiary/aromatic N) is 1. The van der Waals surface area contributed by atoms with Gasteiger partial charge in [0.1, 0.15) is 18.5 Å². The van der Waals surface area contributed by atoms with Crippen LogP contribution >= 0.6 is 0 Å². The van der Waals surface area contributed by atoms with Gasteiger partial charge in [-0.1, -0.05) is 36.4 Å². The van der Waals surface area contributed by atoms with E-state index >= 15 is 0 Å². The summed E-state index contributed by atoms with van der Waals surface area (Å²) >= 11 is 0. The van der Waals surface area contributed by atoms with E-state index in [0.29, 0.717) is 34.6 Å². The van der Waals surface area contributed by atoms with Crippen LogP contribution in [-0.2, 0) is 26.1 Å². The number of hydrogen-bond donors (Lipinski definition) is 1. The second kappa shape index (κ2) is 7.62. The highest BCUT2D eigenvalue weighted by atomic mass is 16.7. The minimum absolute atomic E-state index is 0.219. The molecule has 1 atom stereocenters. The van der Waals surface area contributed by atoms with Crippen molar-refractivity contribution in [2.24, 2.45) is 7.05 Å². The molecule has 1 N–H and O–H groups in total. The summed E-state index contributed by atoms with van der Waals surface area (Å²) in [6.07, 6.45) is 1.66. The van der Waals surface area contributed by atoms with Gasteiger partial charge in [0.05, 0.1) is 17.8 Å². The first-order valence-electron chi connectivity index (χ1n) is 10.5. The Labute approximate surface area is 185 Å². The Morgan fingerprint density at radius 2 is 1.72 bits per heavy atom. The van der Waals surface area contributed by atoms with Gasteiger partial charge in [-0.3, -0.25) is 14.9 Å². The average molecular weight is 432 g/mol. The fourth-order valence-corrected chi connectivity index (χ4v) is 4.34. The summed E-state index contributed by atoms with van der Waals surface area (Å²) < 4.78 is 19.4. The van der Waals surface area contributed by atoms with Crippen LogP contribution in [0.15, 0.2) is 54.7 Å². The Morgan fingerprint density at radius 1 is 1.03 bits per heavy atom. The Hall–Kier alpha value is -3.42. The molecule has 7 nitrogen and oxygen atoms in total. The molecule has 32 heavy (non-hydrogen) atoms. The lowest BCUT2D eigenvalue weighted by molar-refractivity contribution is -0.141. The minimum Gasteiger partial charge on any atom is -0.490 e. The first-order valence-corrected chi connectivity index (χ1v) is 10.5. The van der Waals surface area contributed by atoms with Crippen LogP contribution in [0.3, 0.4) is 0 Å². The molecule has 3 heterocycles. The van der Waals surface area contributed by atoms with Gasteiger partial charge < -0.3 is 18.8 Å². The quantitative estimate of drug-likeness (QED) is 0.626. The number of aryl methyl sites for hydroxylation is 1. The smallest absolute Gasteiger partial charge is 0.259 e. The maximum absolute atomic E-state index is 12.9. The zero-order chi connectivity index (χ0) is 22.5. The van der Waals surface area contributed by atoms with Gasteiger partial charge in [-0.2, -0.15) is 0 Å². The van der Waals surface area contributed by atoms with Gasteiger partial charge in [-0.05, 0) is 26.0 Å². The maximum atomic E-state index is 12.9. The zero-order valence-electron chi connectivity index (χ0n) is 18.2. The van der Waals surface area contributed by atoms with E-state index < -0.39 is 17.6 Å². The van der Waals surface area contributed by atoms with Crippen LogP contribution in [0, 0.1) is 0 Å². The molecule has 7 heteroatoms. The number of carbonyl (C=O) groups is 2. The van der Waals surface area contributed by atoms with Crippen molar-refractivity contribution in [1.29, 1.82) is 0 Å². The first-order chi connectivity index (χ1) is 15.3. The molecule has 0 saturated carbocycles. The van der Waals surface area contributed by atoms with Gasteiger partial charge in [0, 0.05) is 35.3 Å². The van der Waals surface area contributed by atoms with Crippen molar-refractivity contribution in [3.05, 3.63) is 65.9 Å². The molecule has 0 unspecified atom stereocenters. The fourth-order valence-electron chi connectivity index (χ4n) is 4.34. The number of nitrogens with one attached hydrogen (secondary N) is 1. The largest absolute Gasteiger partial charge is 0.490 e. The second-order valence-electron chi connectivity index (χ2n) is 8.46. The lowest BCUT2D eigenvalue weighted by atomic mass is 9.95. The molecule has 0 bridgehead atoms. The Morgan fingerprint density at radius 3 is 2.47 bits per heavy atom. The molecule has 0 aliphatic carbocycles. The van der Waals surface area contributed by atoms with Gasteiger partial charge in [-0.25, -0.2) is 0 Å². The summed E-state index contributed by atoms with van der Waals surface area (Å²) in [4.78, 5) is 25.8. The van der Waals surface area contributed by atoms with Crippen molar-refractivity contribution in [2.75, 3.05) is 13.2 Å². The van der Waals surface area contributed by atoms with Crippen molar-refractivity contribution in [3.63, 3.8) is 0 Å². The standard InChI is InChI=1S/C25H24N2O5/c1-25(2)31-14-15(32-25)13-30-20-11-7-5-9-17(20)21-22(24(29)26-23(21)28)18-12-27(3)19-10-6-4-8-16(18)19/h4-12,15H,13-14H2,1-3H3,(H,26,28,29)/t15-/m0/s1. The number of fused-ring (bicyclic) bond motifs is 1. The second-order valence-corrected chi connectivity index (χ2v) is 8.46. The third-order valence-corrected chi connectivity index (χ3v) is 5.75. The third kappa shape index (κ3) is 3.49. The van der Waals surface area contributed by atoms with E-state index in [1.165, 1.54) is 0 Å².